The number of aromatic nitrogens is 3. The van der Waals surface area contributed by atoms with E-state index in [4.69, 9.17) is 15.6 Å². The van der Waals surface area contributed by atoms with Gasteiger partial charge in [0.05, 0.1) is 18.4 Å². The van der Waals surface area contributed by atoms with Gasteiger partial charge in [-0.05, 0) is 45.8 Å². The normalized spacial score (nSPS) is 10.3. The Morgan fingerprint density at radius 1 is 1.17 bits per heavy atom. The molecule has 0 saturated heterocycles. The maximum Gasteiger partial charge on any atom is 0.337 e. The molecule has 0 aliphatic carbocycles. The molecular weight excluding hydrogens is 440 g/mol. The minimum absolute atomic E-state index is 0.112. The maximum absolute atomic E-state index is 10.3. The number of carboxylic acids is 1. The number of anilines is 1. The first-order chi connectivity index (χ1) is 13.9. The number of phenolic OH excluding ortho intramolecular Hbond substituents is 1. The average Bonchev–Trinajstić information content (AvgIpc) is 3.09. The van der Waals surface area contributed by atoms with Crippen LogP contribution >= 0.6 is 15.9 Å². The van der Waals surface area contributed by atoms with Crippen LogP contribution in [0.1, 0.15) is 10.4 Å². The van der Waals surface area contributed by atoms with Gasteiger partial charge in [-0.2, -0.15) is 0 Å². The first-order valence-corrected chi connectivity index (χ1v) is 9.12. The van der Waals surface area contributed by atoms with Gasteiger partial charge in [-0.15, -0.1) is 0 Å². The number of pyridine rings is 2. The molecule has 148 valence electrons. The fourth-order valence-electron chi connectivity index (χ4n) is 2.57. The molecule has 9 heteroatoms. The lowest BCUT2D eigenvalue weighted by Gasteiger charge is -2.07. The van der Waals surface area contributed by atoms with Crippen molar-refractivity contribution in [3.8, 4) is 22.6 Å². The zero-order valence-electron chi connectivity index (χ0n) is 15.3. The highest BCUT2D eigenvalue weighted by molar-refractivity contribution is 9.10. The van der Waals surface area contributed by atoms with Crippen molar-refractivity contribution < 1.29 is 19.7 Å². The number of H-pyrrole nitrogens is 1. The summed E-state index contributed by atoms with van der Waals surface area (Å²) in [4.78, 5) is 21.3. The smallest absolute Gasteiger partial charge is 0.337 e. The van der Waals surface area contributed by atoms with Gasteiger partial charge < -0.3 is 25.7 Å². The predicted octanol–water partition coefficient (Wildman–Crippen LogP) is 4.07. The largest absolute Gasteiger partial charge is 0.504 e. The summed E-state index contributed by atoms with van der Waals surface area (Å²) in [5.41, 5.74) is 9.30. The zero-order chi connectivity index (χ0) is 21.0. The van der Waals surface area contributed by atoms with E-state index < -0.39 is 5.97 Å². The Morgan fingerprint density at radius 2 is 1.97 bits per heavy atom. The van der Waals surface area contributed by atoms with Crippen LogP contribution in [-0.4, -0.2) is 38.2 Å². The number of carbonyl (C=O) groups is 1. The fraction of sp³-hybridized carbons (Fsp3) is 0.0500. The highest BCUT2D eigenvalue weighted by Gasteiger charge is 2.08. The molecule has 4 aromatic rings. The highest BCUT2D eigenvalue weighted by Crippen LogP contribution is 2.32. The van der Waals surface area contributed by atoms with E-state index in [1.54, 1.807) is 24.5 Å². The molecule has 0 radical (unpaired) electrons. The molecule has 0 aliphatic heterocycles. The number of nitrogens with one attached hydrogen (secondary N) is 1. The molecule has 5 N–H and O–H groups in total. The van der Waals surface area contributed by atoms with Gasteiger partial charge in [0, 0.05) is 40.2 Å². The van der Waals surface area contributed by atoms with E-state index in [0.717, 1.165) is 22.2 Å². The van der Waals surface area contributed by atoms with E-state index in [0.29, 0.717) is 15.9 Å². The number of hydrogen-bond donors (Lipinski definition) is 4. The van der Waals surface area contributed by atoms with Crippen LogP contribution in [0, 0.1) is 0 Å². The third-order valence-corrected chi connectivity index (χ3v) is 4.46. The van der Waals surface area contributed by atoms with Crippen LogP contribution in [0.4, 0.5) is 5.69 Å². The lowest BCUT2D eigenvalue weighted by atomic mass is 10.1. The number of halogens is 1. The first kappa shape index (κ1) is 20.2. The number of nitrogens with zero attached hydrogens (tertiary/aromatic N) is 2. The summed E-state index contributed by atoms with van der Waals surface area (Å²) in [5, 5.41) is 18.9. The molecule has 29 heavy (non-hydrogen) atoms. The van der Waals surface area contributed by atoms with Crippen LogP contribution in [0.15, 0.2) is 59.6 Å². The van der Waals surface area contributed by atoms with Gasteiger partial charge >= 0.3 is 5.97 Å². The van der Waals surface area contributed by atoms with E-state index in [2.05, 4.69) is 30.9 Å². The predicted molar refractivity (Wildman–Crippen MR) is 113 cm³/mol. The molecule has 0 saturated carbocycles. The van der Waals surface area contributed by atoms with E-state index >= 15 is 0 Å². The number of benzene rings is 1. The number of methoxy groups -OCH3 is 1. The van der Waals surface area contributed by atoms with Gasteiger partial charge in [0.25, 0.3) is 0 Å². The van der Waals surface area contributed by atoms with Gasteiger partial charge in [0.15, 0.2) is 11.5 Å². The van der Waals surface area contributed by atoms with Gasteiger partial charge in [0.1, 0.15) is 5.65 Å². The number of aromatic carboxylic acids is 1. The summed E-state index contributed by atoms with van der Waals surface area (Å²) < 4.78 is 5.78. The lowest BCUT2D eigenvalue weighted by molar-refractivity contribution is 0.0696. The molecule has 0 spiro atoms. The molecule has 0 bridgehead atoms. The van der Waals surface area contributed by atoms with Crippen LogP contribution in [-0.2, 0) is 0 Å². The molecule has 0 atom stereocenters. The molecule has 3 aromatic heterocycles. The Kier molecular flexibility index (Phi) is 5.99. The maximum atomic E-state index is 10.3. The van der Waals surface area contributed by atoms with Crippen molar-refractivity contribution in [1.82, 2.24) is 15.0 Å². The monoisotopic (exact) mass is 456 g/mol. The minimum Gasteiger partial charge on any atom is -0.504 e. The summed E-state index contributed by atoms with van der Waals surface area (Å²) >= 11 is 3.10. The van der Waals surface area contributed by atoms with Gasteiger partial charge in [-0.1, -0.05) is 6.07 Å². The Hall–Kier alpha value is -3.59. The third kappa shape index (κ3) is 4.64. The molecule has 0 fully saturated rings. The Balaban J connectivity index is 0.000000204. The molecule has 0 unspecified atom stereocenters. The van der Waals surface area contributed by atoms with Crippen LogP contribution in [0.3, 0.4) is 0 Å². The fourth-order valence-corrected chi connectivity index (χ4v) is 2.93. The number of nitrogens with two attached hydrogens (primary N) is 1. The second kappa shape index (κ2) is 8.61. The van der Waals surface area contributed by atoms with E-state index in [1.165, 1.54) is 25.6 Å². The number of hydrogen-bond acceptors (Lipinski definition) is 6. The third-order valence-electron chi connectivity index (χ3n) is 4.03. The molecule has 0 aliphatic rings. The quantitative estimate of drug-likeness (QED) is 0.364. The lowest BCUT2D eigenvalue weighted by Crippen LogP contribution is -1.95. The van der Waals surface area contributed by atoms with Crippen molar-refractivity contribution in [3.63, 3.8) is 0 Å². The summed E-state index contributed by atoms with van der Waals surface area (Å²) in [5.74, 6) is -0.421. The molecule has 8 nitrogen and oxygen atoms in total. The van der Waals surface area contributed by atoms with Gasteiger partial charge in [-0.25, -0.2) is 9.78 Å². The van der Waals surface area contributed by atoms with Gasteiger partial charge in [0.2, 0.25) is 0 Å². The van der Waals surface area contributed by atoms with Crippen molar-refractivity contribution >= 4 is 38.6 Å². The van der Waals surface area contributed by atoms with Crippen LogP contribution in [0.25, 0.3) is 22.2 Å². The number of carboxylic acid groups (broad SMARTS) is 1. The highest BCUT2D eigenvalue weighted by atomic mass is 79.9. The topological polar surface area (TPSA) is 134 Å². The van der Waals surface area contributed by atoms with Crippen molar-refractivity contribution in [2.75, 3.05) is 12.8 Å². The van der Waals surface area contributed by atoms with Crippen molar-refractivity contribution in [1.29, 1.82) is 0 Å². The molecule has 3 heterocycles. The first-order valence-electron chi connectivity index (χ1n) is 8.33. The molecule has 0 amide bonds. The van der Waals surface area contributed by atoms with Crippen molar-refractivity contribution in [3.05, 3.63) is 65.2 Å². The summed E-state index contributed by atoms with van der Waals surface area (Å²) in [6.07, 6.45) is 6.31. The number of aromatic hydroxyl groups is 1. The summed E-state index contributed by atoms with van der Waals surface area (Å²) in [7, 11) is 1.52. The second-order valence-electron chi connectivity index (χ2n) is 5.95. The number of aromatic amines is 1. The SMILES string of the molecule is COc1cc(-c2cnc3[nH]cc(N)c3c2)ccc1O.O=C(O)c1cncc(Br)c1. The Morgan fingerprint density at radius 3 is 2.62 bits per heavy atom. The number of ether oxygens (including phenoxy) is 1. The van der Waals surface area contributed by atoms with Crippen molar-refractivity contribution in [2.45, 2.75) is 0 Å². The van der Waals surface area contributed by atoms with Crippen LogP contribution < -0.4 is 10.5 Å². The van der Waals surface area contributed by atoms with Crippen molar-refractivity contribution in [2.24, 2.45) is 0 Å². The average molecular weight is 457 g/mol. The molecule has 1 aromatic carbocycles. The number of phenols is 1. The van der Waals surface area contributed by atoms with E-state index in [-0.39, 0.29) is 11.3 Å². The molecule has 4 rings (SSSR count). The van der Waals surface area contributed by atoms with Gasteiger partial charge in [-0.3, -0.25) is 4.98 Å². The number of rotatable bonds is 3. The van der Waals surface area contributed by atoms with E-state index in [9.17, 15) is 9.90 Å². The second-order valence-corrected chi connectivity index (χ2v) is 6.86. The van der Waals surface area contributed by atoms with E-state index in [1.807, 2.05) is 12.1 Å². The number of fused-ring (bicyclic) bond motifs is 1. The Bertz CT molecular complexity index is 1180. The number of nitrogen functional groups attached to an aromatic ring is 1. The van der Waals surface area contributed by atoms with Crippen LogP contribution in [0.5, 0.6) is 11.5 Å². The van der Waals surface area contributed by atoms with Crippen LogP contribution in [0.2, 0.25) is 0 Å². The Labute approximate surface area is 174 Å². The summed E-state index contributed by atoms with van der Waals surface area (Å²) in [6.45, 7) is 0. The minimum atomic E-state index is -0.964. The zero-order valence-corrected chi connectivity index (χ0v) is 16.8. The standard InChI is InChI=1S/C14H13N3O2.C6H4BrNO2/c1-19-13-5-8(2-3-12(13)18)9-4-10-11(15)7-17-14(10)16-6-9;7-5-1-4(6(9)10)2-8-3-5/h2-7,18H,15H2,1H3,(H,16,17);1-3H,(H,9,10). The molecular formula is C20H17BrN4O4. The summed E-state index contributed by atoms with van der Waals surface area (Å²) in [6, 6.07) is 8.62.